The molecule has 2 aromatic rings. The average Bonchev–Trinajstić information content (AvgIpc) is 2.97. The lowest BCUT2D eigenvalue weighted by Gasteiger charge is -2.33. The highest BCUT2D eigenvalue weighted by Gasteiger charge is 2.32. The van der Waals surface area contributed by atoms with Gasteiger partial charge in [-0.2, -0.15) is 0 Å². The molecule has 2 aromatic carbocycles. The Morgan fingerprint density at radius 2 is 2.07 bits per heavy atom. The lowest BCUT2D eigenvalue weighted by molar-refractivity contribution is 0.101. The van der Waals surface area contributed by atoms with Crippen molar-refractivity contribution >= 4 is 11.9 Å². The van der Waals surface area contributed by atoms with Gasteiger partial charge in [0.25, 0.3) is 0 Å². The molecule has 1 N–H and O–H groups in total. The Balaban J connectivity index is 1.68. The van der Waals surface area contributed by atoms with Gasteiger partial charge < -0.3 is 9.84 Å². The minimum atomic E-state index is -0.414. The first-order chi connectivity index (χ1) is 13.0. The first-order valence-electron chi connectivity index (χ1n) is 9.32. The van der Waals surface area contributed by atoms with Crippen LogP contribution in [0.2, 0.25) is 0 Å². The van der Waals surface area contributed by atoms with Gasteiger partial charge in [0.2, 0.25) is 5.78 Å². The maximum absolute atomic E-state index is 13.9. The minimum Gasteiger partial charge on any atom is -0.507 e. The van der Waals surface area contributed by atoms with Gasteiger partial charge in [0.1, 0.15) is 17.3 Å². The van der Waals surface area contributed by atoms with E-state index in [9.17, 15) is 14.3 Å². The molecule has 0 radical (unpaired) electrons. The van der Waals surface area contributed by atoms with Crippen LogP contribution in [0.1, 0.15) is 47.7 Å². The summed E-state index contributed by atoms with van der Waals surface area (Å²) in [4.78, 5) is 15.0. The Bertz CT molecular complexity index is 922. The third kappa shape index (κ3) is 3.35. The summed E-state index contributed by atoms with van der Waals surface area (Å²) >= 11 is 0. The van der Waals surface area contributed by atoms with E-state index in [0.717, 1.165) is 19.4 Å². The van der Waals surface area contributed by atoms with E-state index in [2.05, 4.69) is 11.8 Å². The largest absolute Gasteiger partial charge is 0.507 e. The molecule has 1 unspecified atom stereocenters. The number of ether oxygens (including phenoxy) is 1. The summed E-state index contributed by atoms with van der Waals surface area (Å²) < 4.78 is 19.8. The van der Waals surface area contributed by atoms with Crippen LogP contribution < -0.4 is 4.74 Å². The number of Topliss-reactive ketones (excluding diaryl/α,β-unsaturated/α-hetero) is 1. The molecular formula is C22H22FNO3. The van der Waals surface area contributed by atoms with Crippen molar-refractivity contribution in [3.63, 3.8) is 0 Å². The molecule has 2 heterocycles. The number of phenols is 1. The zero-order chi connectivity index (χ0) is 19.0. The molecule has 0 amide bonds. The molecular weight excluding hydrogens is 345 g/mol. The van der Waals surface area contributed by atoms with E-state index in [4.69, 9.17) is 4.74 Å². The summed E-state index contributed by atoms with van der Waals surface area (Å²) in [6.07, 6.45) is 4.87. The van der Waals surface area contributed by atoms with Crippen LogP contribution in [0.4, 0.5) is 4.39 Å². The Labute approximate surface area is 157 Å². The molecule has 4 nitrogen and oxygen atoms in total. The second-order valence-corrected chi connectivity index (χ2v) is 7.22. The molecule has 1 fully saturated rings. The first kappa shape index (κ1) is 17.7. The van der Waals surface area contributed by atoms with Gasteiger partial charge in [-0.15, -0.1) is 0 Å². The van der Waals surface area contributed by atoms with Crippen molar-refractivity contribution < 1.29 is 19.0 Å². The fraction of sp³-hybridized carbons (Fsp3) is 0.318. The van der Waals surface area contributed by atoms with Gasteiger partial charge in [-0.1, -0.05) is 24.6 Å². The van der Waals surface area contributed by atoms with Gasteiger partial charge in [-0.05, 0) is 50.6 Å². The van der Waals surface area contributed by atoms with Crippen molar-refractivity contribution in [2.24, 2.45) is 0 Å². The maximum Gasteiger partial charge on any atom is 0.231 e. The molecule has 140 valence electrons. The molecule has 2 aliphatic heterocycles. The number of nitrogens with zero attached hydrogens (tertiary/aromatic N) is 1. The lowest BCUT2D eigenvalue weighted by Crippen LogP contribution is -2.36. The number of allylic oxidation sites excluding steroid dienone is 1. The summed E-state index contributed by atoms with van der Waals surface area (Å²) in [5.41, 5.74) is 1.32. The number of rotatable bonds is 3. The Hall–Kier alpha value is -2.66. The number of benzene rings is 2. The zero-order valence-corrected chi connectivity index (χ0v) is 15.2. The number of carbonyl (C=O) groups excluding carboxylic acids is 1. The number of fused-ring (bicyclic) bond motifs is 1. The van der Waals surface area contributed by atoms with Gasteiger partial charge in [0, 0.05) is 18.2 Å². The van der Waals surface area contributed by atoms with Crippen LogP contribution in [-0.2, 0) is 6.54 Å². The van der Waals surface area contributed by atoms with Crippen LogP contribution in [0.5, 0.6) is 11.5 Å². The Kier molecular flexibility index (Phi) is 4.70. The van der Waals surface area contributed by atoms with Gasteiger partial charge in [0.15, 0.2) is 5.76 Å². The van der Waals surface area contributed by atoms with Gasteiger partial charge in [-0.3, -0.25) is 9.69 Å². The van der Waals surface area contributed by atoms with E-state index in [-0.39, 0.29) is 17.3 Å². The highest BCUT2D eigenvalue weighted by atomic mass is 19.1. The highest BCUT2D eigenvalue weighted by Crippen LogP contribution is 2.40. The zero-order valence-electron chi connectivity index (χ0n) is 15.2. The number of hydrogen-bond donors (Lipinski definition) is 1. The SMILES string of the molecule is CC1CCCCN1Cc1c(O)ccc2c1O/C(=C\c1ccccc1F)C2=O. The quantitative estimate of drug-likeness (QED) is 0.811. The Morgan fingerprint density at radius 3 is 2.85 bits per heavy atom. The van der Waals surface area contributed by atoms with Crippen LogP contribution in [0, 0.1) is 5.82 Å². The van der Waals surface area contributed by atoms with Gasteiger partial charge in [0.05, 0.1) is 11.1 Å². The van der Waals surface area contributed by atoms with Crippen molar-refractivity contribution in [1.82, 2.24) is 4.90 Å². The molecule has 0 aromatic heterocycles. The van der Waals surface area contributed by atoms with Crippen molar-refractivity contribution in [2.45, 2.75) is 38.8 Å². The van der Waals surface area contributed by atoms with Crippen LogP contribution in [0.15, 0.2) is 42.2 Å². The third-order valence-corrected chi connectivity index (χ3v) is 5.41. The number of aromatic hydroxyl groups is 1. The summed E-state index contributed by atoms with van der Waals surface area (Å²) in [5.74, 6) is -0.121. The van der Waals surface area contributed by atoms with Crippen molar-refractivity contribution in [3.05, 3.63) is 64.7 Å². The molecule has 0 saturated carbocycles. The molecule has 2 aliphatic rings. The predicted molar refractivity (Wildman–Crippen MR) is 101 cm³/mol. The van der Waals surface area contributed by atoms with Crippen molar-refractivity contribution in [1.29, 1.82) is 0 Å². The number of carbonyl (C=O) groups is 1. The van der Waals surface area contributed by atoms with Crippen LogP contribution >= 0.6 is 0 Å². The number of likely N-dealkylation sites (tertiary alicyclic amines) is 1. The number of piperidine rings is 1. The molecule has 0 spiro atoms. The second-order valence-electron chi connectivity index (χ2n) is 7.22. The monoisotopic (exact) mass is 367 g/mol. The topological polar surface area (TPSA) is 49.8 Å². The molecule has 1 saturated heterocycles. The molecule has 0 bridgehead atoms. The van der Waals surface area contributed by atoms with Gasteiger partial charge >= 0.3 is 0 Å². The fourth-order valence-electron chi connectivity index (χ4n) is 3.78. The van der Waals surface area contributed by atoms with Gasteiger partial charge in [-0.25, -0.2) is 4.39 Å². The number of ketones is 1. The van der Waals surface area contributed by atoms with Crippen LogP contribution in [0.25, 0.3) is 6.08 Å². The van der Waals surface area contributed by atoms with E-state index in [1.807, 2.05) is 0 Å². The summed E-state index contributed by atoms with van der Waals surface area (Å²) in [6.45, 7) is 3.65. The standard InChI is InChI=1S/C22H22FNO3/c1-14-6-4-5-11-24(14)13-17-19(25)10-9-16-21(26)20(27-22(16)17)12-15-7-2-3-8-18(15)23/h2-3,7-10,12,14,25H,4-6,11,13H2,1H3/b20-12-. The second kappa shape index (κ2) is 7.16. The van der Waals surface area contributed by atoms with E-state index in [1.165, 1.54) is 24.6 Å². The third-order valence-electron chi connectivity index (χ3n) is 5.41. The average molecular weight is 367 g/mol. The Morgan fingerprint density at radius 1 is 1.26 bits per heavy atom. The fourth-order valence-corrected chi connectivity index (χ4v) is 3.78. The predicted octanol–water partition coefficient (Wildman–Crippen LogP) is 4.52. The molecule has 4 rings (SSSR count). The number of phenolic OH excluding ortho intramolecular Hbond substituents is 1. The van der Waals surface area contributed by atoms with Crippen molar-refractivity contribution in [2.75, 3.05) is 6.54 Å². The van der Waals surface area contributed by atoms with Crippen molar-refractivity contribution in [3.8, 4) is 11.5 Å². The van der Waals surface area contributed by atoms with E-state index in [1.54, 1.807) is 24.3 Å². The number of halogens is 1. The maximum atomic E-state index is 13.9. The first-order valence-corrected chi connectivity index (χ1v) is 9.32. The van der Waals surface area contributed by atoms with E-state index in [0.29, 0.717) is 35.0 Å². The molecule has 5 heteroatoms. The normalized spacial score (nSPS) is 21.3. The van der Waals surface area contributed by atoms with Crippen LogP contribution in [0.3, 0.4) is 0 Å². The smallest absolute Gasteiger partial charge is 0.231 e. The molecule has 1 atom stereocenters. The van der Waals surface area contributed by atoms with E-state index >= 15 is 0 Å². The van der Waals surface area contributed by atoms with Crippen LogP contribution in [-0.4, -0.2) is 28.4 Å². The summed E-state index contributed by atoms with van der Waals surface area (Å²) in [7, 11) is 0. The van der Waals surface area contributed by atoms with E-state index < -0.39 is 5.82 Å². The number of hydrogen-bond acceptors (Lipinski definition) is 4. The molecule has 0 aliphatic carbocycles. The summed E-state index contributed by atoms with van der Waals surface area (Å²) in [5, 5.41) is 10.4. The summed E-state index contributed by atoms with van der Waals surface area (Å²) in [6, 6.07) is 9.76. The minimum absolute atomic E-state index is 0.0774. The highest BCUT2D eigenvalue weighted by molar-refractivity contribution is 6.15. The lowest BCUT2D eigenvalue weighted by atomic mass is 10.0. The molecule has 27 heavy (non-hydrogen) atoms.